The van der Waals surface area contributed by atoms with Gasteiger partial charge in [-0.3, -0.25) is 0 Å². The van der Waals surface area contributed by atoms with Crippen molar-refractivity contribution in [2.75, 3.05) is 24.3 Å². The van der Waals surface area contributed by atoms with Crippen molar-refractivity contribution in [2.45, 2.75) is 24.2 Å². The highest BCUT2D eigenvalue weighted by molar-refractivity contribution is 8.01. The summed E-state index contributed by atoms with van der Waals surface area (Å²) in [6.45, 7) is 4.48. The summed E-state index contributed by atoms with van der Waals surface area (Å²) < 4.78 is 13.5. The lowest BCUT2D eigenvalue weighted by Gasteiger charge is -2.28. The van der Waals surface area contributed by atoms with Gasteiger partial charge >= 0.3 is 5.97 Å². The number of hydrogen-bond acceptors (Lipinski definition) is 11. The fourth-order valence-electron chi connectivity index (χ4n) is 3.85. The van der Waals surface area contributed by atoms with Crippen LogP contribution in [-0.4, -0.2) is 55.3 Å². The van der Waals surface area contributed by atoms with Crippen LogP contribution >= 0.6 is 23.1 Å². The van der Waals surface area contributed by atoms with Crippen LogP contribution in [0.25, 0.3) is 10.6 Å². The predicted octanol–water partition coefficient (Wildman–Crippen LogP) is 4.21. The zero-order valence-corrected chi connectivity index (χ0v) is 21.3. The number of esters is 1. The third kappa shape index (κ3) is 4.95. The maximum absolute atomic E-state index is 13.3. The van der Waals surface area contributed by atoms with Gasteiger partial charge in [-0.25, -0.2) is 4.79 Å². The Morgan fingerprint density at radius 3 is 2.75 bits per heavy atom. The minimum atomic E-state index is -0.583. The lowest BCUT2D eigenvalue weighted by atomic mass is 9.95. The van der Waals surface area contributed by atoms with Crippen LogP contribution in [-0.2, 0) is 9.53 Å². The van der Waals surface area contributed by atoms with Crippen molar-refractivity contribution in [2.24, 2.45) is 0 Å². The number of rotatable bonds is 9. The summed E-state index contributed by atoms with van der Waals surface area (Å²) in [5.41, 5.74) is 2.91. The molecule has 0 saturated carbocycles. The standard InChI is InChI=1S/C24H23N7O3S2/c1-3-33-17-12-8-11-16(13-17)20-19(22(32)34-4-2)18(25-23-27-29-30-31(20)23)14-35-24-28-26-21(36-24)15-9-6-5-7-10-15/h5-13,20H,3-4,14H2,1-2H3,(H,25,27,30). The number of carbonyl (C=O) groups is 1. The highest BCUT2D eigenvalue weighted by Crippen LogP contribution is 2.38. The number of fused-ring (bicyclic) bond motifs is 1. The molecule has 0 bridgehead atoms. The summed E-state index contributed by atoms with van der Waals surface area (Å²) in [5.74, 6) is 1.12. The maximum atomic E-state index is 13.3. The van der Waals surface area contributed by atoms with Crippen LogP contribution in [0, 0.1) is 0 Å². The van der Waals surface area contributed by atoms with E-state index in [4.69, 9.17) is 9.47 Å². The van der Waals surface area contributed by atoms with Crippen LogP contribution in [0.5, 0.6) is 5.75 Å². The van der Waals surface area contributed by atoms with Gasteiger partial charge in [0.05, 0.1) is 18.8 Å². The molecule has 36 heavy (non-hydrogen) atoms. The van der Waals surface area contributed by atoms with Gasteiger partial charge < -0.3 is 14.8 Å². The van der Waals surface area contributed by atoms with E-state index in [0.29, 0.717) is 35.3 Å². The van der Waals surface area contributed by atoms with Gasteiger partial charge in [0.2, 0.25) is 5.95 Å². The van der Waals surface area contributed by atoms with Crippen LogP contribution < -0.4 is 10.1 Å². The molecule has 0 saturated heterocycles. The van der Waals surface area contributed by atoms with E-state index in [-0.39, 0.29) is 6.61 Å². The molecule has 0 spiro atoms. The number of nitrogens with one attached hydrogen (secondary N) is 1. The van der Waals surface area contributed by atoms with Crippen molar-refractivity contribution in [3.05, 3.63) is 71.4 Å². The van der Waals surface area contributed by atoms with E-state index in [0.717, 1.165) is 20.5 Å². The van der Waals surface area contributed by atoms with Gasteiger partial charge in [-0.15, -0.1) is 10.2 Å². The highest BCUT2D eigenvalue weighted by atomic mass is 32.2. The Kier molecular flexibility index (Phi) is 7.23. The Balaban J connectivity index is 1.50. The number of hydrogen-bond donors (Lipinski definition) is 1. The maximum Gasteiger partial charge on any atom is 0.338 e. The number of aromatic nitrogens is 6. The molecule has 1 aliphatic rings. The first-order valence-corrected chi connectivity index (χ1v) is 13.2. The van der Waals surface area contributed by atoms with E-state index in [1.165, 1.54) is 23.1 Å². The van der Waals surface area contributed by atoms with Crippen molar-refractivity contribution in [3.8, 4) is 16.3 Å². The van der Waals surface area contributed by atoms with Gasteiger partial charge in [-0.1, -0.05) is 70.7 Å². The molecule has 2 aromatic heterocycles. The Labute approximate surface area is 215 Å². The largest absolute Gasteiger partial charge is 0.494 e. The Morgan fingerprint density at radius 2 is 1.94 bits per heavy atom. The molecule has 4 aromatic rings. The molecule has 1 aliphatic heterocycles. The van der Waals surface area contributed by atoms with Crippen LogP contribution in [0.15, 0.2) is 70.2 Å². The minimum Gasteiger partial charge on any atom is -0.494 e. The monoisotopic (exact) mass is 521 g/mol. The summed E-state index contributed by atoms with van der Waals surface area (Å²) in [7, 11) is 0. The zero-order valence-electron chi connectivity index (χ0n) is 19.6. The molecule has 5 rings (SSSR count). The van der Waals surface area contributed by atoms with Gasteiger partial charge in [0.1, 0.15) is 16.8 Å². The molecule has 2 aromatic carbocycles. The second kappa shape index (κ2) is 10.9. The van der Waals surface area contributed by atoms with Gasteiger partial charge in [0.15, 0.2) is 4.34 Å². The Morgan fingerprint density at radius 1 is 1.08 bits per heavy atom. The SMILES string of the molecule is CCOC(=O)C1=C(CSc2nnc(-c3ccccc3)s2)Nc2nnnn2C1c1cccc(OCC)c1. The summed E-state index contributed by atoms with van der Waals surface area (Å²) >= 11 is 2.98. The topological polar surface area (TPSA) is 117 Å². The average molecular weight is 522 g/mol. The number of anilines is 1. The van der Waals surface area contributed by atoms with Crippen LogP contribution in [0.4, 0.5) is 5.95 Å². The first kappa shape index (κ1) is 23.9. The Bertz CT molecular complexity index is 1390. The predicted molar refractivity (Wildman–Crippen MR) is 137 cm³/mol. The van der Waals surface area contributed by atoms with Gasteiger partial charge in [-0.05, 0) is 42.0 Å². The molecule has 0 amide bonds. The number of carbonyl (C=O) groups excluding carboxylic acids is 1. The number of thioether (sulfide) groups is 1. The molecule has 0 radical (unpaired) electrons. The molecule has 12 heteroatoms. The number of tetrazole rings is 1. The summed E-state index contributed by atoms with van der Waals surface area (Å²) in [5, 5.41) is 24.8. The van der Waals surface area contributed by atoms with Crippen molar-refractivity contribution in [1.82, 2.24) is 30.4 Å². The van der Waals surface area contributed by atoms with Gasteiger partial charge in [-0.2, -0.15) is 4.68 Å². The molecule has 10 nitrogen and oxygen atoms in total. The molecular weight excluding hydrogens is 498 g/mol. The highest BCUT2D eigenvalue weighted by Gasteiger charge is 2.36. The average Bonchev–Trinajstić information content (AvgIpc) is 3.57. The minimum absolute atomic E-state index is 0.244. The normalized spacial score (nSPS) is 14.8. The van der Waals surface area contributed by atoms with E-state index in [2.05, 4.69) is 31.0 Å². The molecule has 3 heterocycles. The van der Waals surface area contributed by atoms with Gasteiger partial charge in [0.25, 0.3) is 0 Å². The van der Waals surface area contributed by atoms with E-state index in [1.54, 1.807) is 11.6 Å². The summed E-state index contributed by atoms with van der Waals surface area (Å²) in [4.78, 5) is 13.3. The van der Waals surface area contributed by atoms with Crippen molar-refractivity contribution in [1.29, 1.82) is 0 Å². The van der Waals surface area contributed by atoms with Crippen LogP contribution in [0.1, 0.15) is 25.5 Å². The summed E-state index contributed by atoms with van der Waals surface area (Å²) in [6.07, 6.45) is 0. The quantitative estimate of drug-likeness (QED) is 0.253. The Hall–Kier alpha value is -3.77. The molecule has 0 fully saturated rings. The fourth-order valence-corrected chi connectivity index (χ4v) is 5.67. The second-order valence-electron chi connectivity index (χ2n) is 7.62. The third-order valence-corrected chi connectivity index (χ3v) is 7.48. The molecule has 184 valence electrons. The van der Waals surface area contributed by atoms with Gasteiger partial charge in [0, 0.05) is 17.0 Å². The summed E-state index contributed by atoms with van der Waals surface area (Å²) in [6, 6.07) is 16.9. The van der Waals surface area contributed by atoms with E-state index >= 15 is 0 Å². The first-order chi connectivity index (χ1) is 17.7. The van der Waals surface area contributed by atoms with Crippen molar-refractivity contribution < 1.29 is 14.3 Å². The van der Waals surface area contributed by atoms with Crippen molar-refractivity contribution in [3.63, 3.8) is 0 Å². The third-order valence-electron chi connectivity index (χ3n) is 5.35. The number of ether oxygens (including phenoxy) is 2. The zero-order chi connectivity index (χ0) is 24.9. The van der Waals surface area contributed by atoms with Crippen LogP contribution in [0.2, 0.25) is 0 Å². The van der Waals surface area contributed by atoms with E-state index in [9.17, 15) is 4.79 Å². The number of nitrogens with zero attached hydrogens (tertiary/aromatic N) is 6. The first-order valence-electron chi connectivity index (χ1n) is 11.4. The smallest absolute Gasteiger partial charge is 0.338 e. The van der Waals surface area contributed by atoms with Crippen molar-refractivity contribution >= 4 is 35.0 Å². The molecule has 1 atom stereocenters. The lowest BCUT2D eigenvalue weighted by molar-refractivity contribution is -0.139. The molecule has 1 N–H and O–H groups in total. The molecule has 1 unspecified atom stereocenters. The van der Waals surface area contributed by atoms with Crippen LogP contribution in [0.3, 0.4) is 0 Å². The van der Waals surface area contributed by atoms with E-state index in [1.807, 2.05) is 61.5 Å². The fraction of sp³-hybridized carbons (Fsp3) is 0.250. The molecule has 0 aliphatic carbocycles. The number of benzene rings is 2. The van der Waals surface area contributed by atoms with E-state index < -0.39 is 12.0 Å². The lowest BCUT2D eigenvalue weighted by Crippen LogP contribution is -2.31. The molecular formula is C24H23N7O3S2. The second-order valence-corrected chi connectivity index (χ2v) is 9.82.